The highest BCUT2D eigenvalue weighted by molar-refractivity contribution is 7.80. The van der Waals surface area contributed by atoms with Gasteiger partial charge in [0.05, 0.1) is 18.0 Å². The van der Waals surface area contributed by atoms with Crippen LogP contribution in [0.25, 0.3) is 0 Å². The Hall–Kier alpha value is -3.11. The Kier molecular flexibility index (Phi) is 9.33. The van der Waals surface area contributed by atoms with Crippen molar-refractivity contribution < 1.29 is 14.5 Å². The van der Waals surface area contributed by atoms with E-state index in [1.54, 1.807) is 0 Å². The maximum Gasteiger partial charge on any atom is 0.296 e. The van der Waals surface area contributed by atoms with Gasteiger partial charge in [-0.2, -0.15) is 0 Å². The van der Waals surface area contributed by atoms with Gasteiger partial charge in [-0.3, -0.25) is 14.9 Å². The van der Waals surface area contributed by atoms with Crippen LogP contribution < -0.4 is 20.7 Å². The van der Waals surface area contributed by atoms with Crippen LogP contribution in [0.1, 0.15) is 17.0 Å². The number of hydrogen-bond donors (Lipinski definition) is 3. The summed E-state index contributed by atoms with van der Waals surface area (Å²) < 4.78 is 3.17. The van der Waals surface area contributed by atoms with Gasteiger partial charge in [0, 0.05) is 6.07 Å². The number of nitro benzene ring substituents is 1. The Morgan fingerprint density at radius 3 is 1.97 bits per heavy atom. The van der Waals surface area contributed by atoms with Crippen LogP contribution in [0.5, 0.6) is 5.75 Å². The number of methoxy groups -OCH3 is 1. The number of nitro groups is 1. The molecule has 0 heterocycles. The molecule has 0 aromatic heterocycles. The minimum Gasteiger partial charge on any atom is -0.494 e. The Morgan fingerprint density at radius 1 is 0.944 bits per heavy atom. The second-order valence-electron chi connectivity index (χ2n) is 7.45. The third kappa shape index (κ3) is 6.98. The Morgan fingerprint density at radius 2 is 1.50 bits per heavy atom. The maximum absolute atomic E-state index is 13.5. The molecule has 3 aromatic carbocycles. The number of nitrogens with one attached hydrogen (secondary N) is 3. The predicted octanol–water partition coefficient (Wildman–Crippen LogP) is 5.53. The van der Waals surface area contributed by atoms with E-state index in [1.807, 2.05) is 60.7 Å². The van der Waals surface area contributed by atoms with E-state index in [2.05, 4.69) is 16.0 Å². The number of rotatable bonds is 8. The molecule has 0 saturated heterocycles. The highest BCUT2D eigenvalue weighted by Crippen LogP contribution is 2.35. The van der Waals surface area contributed by atoms with Gasteiger partial charge in [-0.15, -0.1) is 0 Å². The van der Waals surface area contributed by atoms with Crippen molar-refractivity contribution >= 4 is 69.4 Å². The first kappa shape index (κ1) is 27.5. The molecule has 1 amide bonds. The van der Waals surface area contributed by atoms with E-state index in [0.717, 1.165) is 11.1 Å². The van der Waals surface area contributed by atoms with Crippen LogP contribution in [-0.4, -0.2) is 33.0 Å². The first-order valence-electron chi connectivity index (χ1n) is 10.5. The zero-order valence-electron chi connectivity index (χ0n) is 18.8. The Labute approximate surface area is 228 Å². The molecule has 0 saturated carbocycles. The lowest BCUT2D eigenvalue weighted by Gasteiger charge is -2.29. The number of carbonyl (C=O) groups is 1. The van der Waals surface area contributed by atoms with Crippen molar-refractivity contribution in [3.63, 3.8) is 0 Å². The third-order valence-electron chi connectivity index (χ3n) is 5.08. The van der Waals surface area contributed by atoms with Crippen molar-refractivity contribution in [3.8, 4) is 5.75 Å². The van der Waals surface area contributed by atoms with Crippen molar-refractivity contribution in [1.29, 1.82) is 0 Å². The summed E-state index contributed by atoms with van der Waals surface area (Å²) in [5, 5.41) is 19.5. The Balaban J connectivity index is 1.86. The molecule has 1 atom stereocenters. The summed E-state index contributed by atoms with van der Waals surface area (Å²) in [4.78, 5) is 24.4. The number of anilines is 1. The fourth-order valence-corrected chi connectivity index (χ4v) is 4.01. The fraction of sp³-hybridized carbons (Fsp3) is 0.167. The van der Waals surface area contributed by atoms with Crippen LogP contribution in [0.4, 0.5) is 11.4 Å². The molecule has 0 aliphatic heterocycles. The van der Waals surface area contributed by atoms with Crippen molar-refractivity contribution in [2.24, 2.45) is 0 Å². The lowest BCUT2D eigenvalue weighted by atomic mass is 9.90. The van der Waals surface area contributed by atoms with E-state index in [1.165, 1.54) is 25.3 Å². The molecule has 0 aliphatic rings. The summed E-state index contributed by atoms with van der Waals surface area (Å²) in [5.41, 5.74) is 1.19. The van der Waals surface area contributed by atoms with Gasteiger partial charge in [0.15, 0.2) is 10.8 Å². The molecule has 3 aromatic rings. The zero-order chi connectivity index (χ0) is 26.3. The fourth-order valence-electron chi connectivity index (χ4n) is 3.46. The molecule has 188 valence electrons. The molecule has 0 aliphatic carbocycles. The number of hydrogen-bond acceptors (Lipinski definition) is 5. The maximum atomic E-state index is 13.5. The number of halogens is 3. The van der Waals surface area contributed by atoms with Crippen LogP contribution >= 0.6 is 47.0 Å². The highest BCUT2D eigenvalue weighted by Gasteiger charge is 2.37. The normalized spacial score (nSPS) is 11.9. The van der Waals surface area contributed by atoms with Crippen LogP contribution in [0.3, 0.4) is 0 Å². The molecule has 3 rings (SSSR count). The highest BCUT2D eigenvalue weighted by atomic mass is 35.6. The van der Waals surface area contributed by atoms with Gasteiger partial charge in [0.25, 0.3) is 5.69 Å². The average molecular weight is 568 g/mol. The van der Waals surface area contributed by atoms with Gasteiger partial charge in [-0.25, -0.2) is 0 Å². The molecule has 0 spiro atoms. The average Bonchev–Trinajstić information content (AvgIpc) is 2.84. The van der Waals surface area contributed by atoms with E-state index in [-0.39, 0.29) is 22.2 Å². The number of alkyl halides is 3. The predicted molar refractivity (Wildman–Crippen MR) is 146 cm³/mol. The largest absolute Gasteiger partial charge is 0.494 e. The second-order valence-corrected chi connectivity index (χ2v) is 10.2. The molecule has 1 unspecified atom stereocenters. The number of benzene rings is 3. The monoisotopic (exact) mass is 566 g/mol. The number of carbonyl (C=O) groups excluding carboxylic acids is 1. The van der Waals surface area contributed by atoms with E-state index in [4.69, 9.17) is 51.8 Å². The lowest BCUT2D eigenvalue weighted by Crippen LogP contribution is -2.57. The standard InChI is InChI=1S/C24H21Cl3N4O4S/c1-35-18-14-8-13-17(31(33)34)20(18)28-23(36)30-22(24(25,26)27)29-21(32)19(15-9-4-2-5-10-15)16-11-6-3-7-12-16/h2-14,19,22H,1H3,(H,29,32)(H2,28,30,36). The van der Waals surface area contributed by atoms with Crippen molar-refractivity contribution in [2.45, 2.75) is 15.9 Å². The van der Waals surface area contributed by atoms with Crippen molar-refractivity contribution in [3.05, 3.63) is 100 Å². The third-order valence-corrected chi connectivity index (χ3v) is 5.95. The lowest BCUT2D eigenvalue weighted by molar-refractivity contribution is -0.384. The van der Waals surface area contributed by atoms with E-state index in [9.17, 15) is 14.9 Å². The topological polar surface area (TPSA) is 106 Å². The van der Waals surface area contributed by atoms with Crippen LogP contribution in [0.2, 0.25) is 0 Å². The molecule has 0 radical (unpaired) electrons. The van der Waals surface area contributed by atoms with Crippen LogP contribution in [-0.2, 0) is 4.79 Å². The first-order valence-corrected chi connectivity index (χ1v) is 12.0. The minimum atomic E-state index is -2.04. The van der Waals surface area contributed by atoms with Gasteiger partial charge in [0.2, 0.25) is 9.70 Å². The number of ether oxygens (including phenoxy) is 1. The summed E-state index contributed by atoms with van der Waals surface area (Å²) in [5.74, 6) is -0.987. The number of nitrogens with zero attached hydrogens (tertiary/aromatic N) is 1. The molecule has 0 fully saturated rings. The quantitative estimate of drug-likeness (QED) is 0.108. The van der Waals surface area contributed by atoms with E-state index >= 15 is 0 Å². The van der Waals surface area contributed by atoms with Crippen LogP contribution in [0.15, 0.2) is 78.9 Å². The summed E-state index contributed by atoms with van der Waals surface area (Å²) >= 11 is 23.8. The molecule has 0 bridgehead atoms. The first-order chi connectivity index (χ1) is 17.1. The molecule has 36 heavy (non-hydrogen) atoms. The molecule has 3 N–H and O–H groups in total. The second kappa shape index (κ2) is 12.2. The van der Waals surface area contributed by atoms with Gasteiger partial charge < -0.3 is 20.7 Å². The van der Waals surface area contributed by atoms with Crippen LogP contribution in [0, 0.1) is 10.1 Å². The SMILES string of the molecule is COc1cccc([N+](=O)[O-])c1NC(=S)NC(NC(=O)C(c1ccccc1)c1ccccc1)C(Cl)(Cl)Cl. The number of thiocarbonyl (C=S) groups is 1. The smallest absolute Gasteiger partial charge is 0.296 e. The number of para-hydroxylation sites is 1. The summed E-state index contributed by atoms with van der Waals surface area (Å²) in [6.07, 6.45) is -1.29. The van der Waals surface area contributed by atoms with Gasteiger partial charge in [-0.05, 0) is 29.4 Å². The van der Waals surface area contributed by atoms with Crippen molar-refractivity contribution in [1.82, 2.24) is 10.6 Å². The number of amides is 1. The summed E-state index contributed by atoms with van der Waals surface area (Å²) in [6, 6.07) is 22.5. The van der Waals surface area contributed by atoms with E-state index in [0.29, 0.717) is 0 Å². The molecular formula is C24H21Cl3N4O4S. The van der Waals surface area contributed by atoms with Gasteiger partial charge >= 0.3 is 0 Å². The molecular weight excluding hydrogens is 547 g/mol. The summed E-state index contributed by atoms with van der Waals surface area (Å²) in [6.45, 7) is 0. The van der Waals surface area contributed by atoms with Gasteiger partial charge in [0.1, 0.15) is 11.9 Å². The minimum absolute atomic E-state index is 0.00309. The molecule has 8 nitrogen and oxygen atoms in total. The van der Waals surface area contributed by atoms with E-state index < -0.39 is 26.7 Å². The zero-order valence-corrected chi connectivity index (χ0v) is 21.9. The van der Waals surface area contributed by atoms with Crippen molar-refractivity contribution in [2.75, 3.05) is 12.4 Å². The summed E-state index contributed by atoms with van der Waals surface area (Å²) in [7, 11) is 1.36. The van der Waals surface area contributed by atoms with Gasteiger partial charge in [-0.1, -0.05) is 102 Å². The molecule has 12 heteroatoms. The Bertz CT molecular complexity index is 1190.